The molecule has 0 aliphatic rings. The van der Waals surface area contributed by atoms with Gasteiger partial charge in [0.15, 0.2) is 25.0 Å². The first-order valence-electron chi connectivity index (χ1n) is 9.94. The van der Waals surface area contributed by atoms with Crippen molar-refractivity contribution in [1.82, 2.24) is 0 Å². The van der Waals surface area contributed by atoms with Crippen LogP contribution in [0.15, 0.2) is 0 Å². The third-order valence-corrected chi connectivity index (χ3v) is 32.5. The van der Waals surface area contributed by atoms with Gasteiger partial charge in [-0.2, -0.15) is 0 Å². The van der Waals surface area contributed by atoms with Crippen molar-refractivity contribution in [2.45, 2.75) is 98.2 Å². The highest BCUT2D eigenvalue weighted by Gasteiger charge is 2.50. The third-order valence-electron chi connectivity index (χ3n) is 3.26. The van der Waals surface area contributed by atoms with Crippen LogP contribution in [0.25, 0.3) is 0 Å². The molecule has 0 aliphatic carbocycles. The van der Waals surface area contributed by atoms with E-state index < -0.39 is 58.7 Å². The molecule has 1 unspecified atom stereocenters. The van der Waals surface area contributed by atoms with Gasteiger partial charge in [0, 0.05) is 0 Å². The normalized spacial score (nSPS) is 16.6. The van der Waals surface area contributed by atoms with Gasteiger partial charge in [-0.15, -0.1) is 0 Å². The lowest BCUT2D eigenvalue weighted by molar-refractivity contribution is 0.329. The van der Waals surface area contributed by atoms with E-state index in [-0.39, 0.29) is 0 Å². The van der Waals surface area contributed by atoms with E-state index >= 15 is 0 Å². The average Bonchev–Trinajstić information content (AvgIpc) is 2.15. The van der Waals surface area contributed by atoms with Crippen molar-refractivity contribution in [3.63, 3.8) is 0 Å². The van der Waals surface area contributed by atoms with Gasteiger partial charge in [0.2, 0.25) is 8.56 Å². The van der Waals surface area contributed by atoms with Gasteiger partial charge in [-0.3, -0.25) is 0 Å². The summed E-state index contributed by atoms with van der Waals surface area (Å²) in [6, 6.07) is 0. The molecule has 0 amide bonds. The topological polar surface area (TPSA) is 46.2 Å². The van der Waals surface area contributed by atoms with E-state index in [0.717, 1.165) is 0 Å². The molecule has 12 heteroatoms. The molecule has 0 saturated carbocycles. The predicted octanol–water partition coefficient (Wildman–Crippen LogP) is 5.48. The maximum absolute atomic E-state index is 6.73. The molecule has 0 aromatic carbocycles. The van der Waals surface area contributed by atoms with Crippen molar-refractivity contribution < 1.29 is 20.6 Å². The molecule has 0 rings (SSSR count). The lowest BCUT2D eigenvalue weighted by Crippen LogP contribution is -2.65. The van der Waals surface area contributed by atoms with Gasteiger partial charge in [-0.1, -0.05) is 0 Å². The van der Waals surface area contributed by atoms with Crippen LogP contribution in [0.4, 0.5) is 0 Å². The zero-order valence-electron chi connectivity index (χ0n) is 20.6. The Bertz CT molecular complexity index is 464. The molecular formula is C15H46O5Si7. The average molecular weight is 503 g/mol. The summed E-state index contributed by atoms with van der Waals surface area (Å²) in [6.45, 7) is 33.1. The summed E-state index contributed by atoms with van der Waals surface area (Å²) in [5, 5.41) is 0. The van der Waals surface area contributed by atoms with Gasteiger partial charge in [-0.25, -0.2) is 0 Å². The first-order valence-corrected chi connectivity index (χ1v) is 31.5. The van der Waals surface area contributed by atoms with Crippen LogP contribution in [-0.4, -0.2) is 58.7 Å². The molecule has 0 heterocycles. The van der Waals surface area contributed by atoms with E-state index in [2.05, 4.69) is 98.2 Å². The second-order valence-electron chi connectivity index (χ2n) is 11.3. The maximum Gasteiger partial charge on any atom is 0.320 e. The lowest BCUT2D eigenvalue weighted by Gasteiger charge is -2.44. The molecule has 27 heavy (non-hydrogen) atoms. The minimum Gasteiger partial charge on any atom is -0.438 e. The quantitative estimate of drug-likeness (QED) is 0.350. The summed E-state index contributed by atoms with van der Waals surface area (Å²) in [7, 11) is -13.8. The summed E-state index contributed by atoms with van der Waals surface area (Å²) in [5.74, 6) is 0. The van der Waals surface area contributed by atoms with E-state index in [9.17, 15) is 0 Å². The molecule has 0 aromatic rings. The molecule has 0 saturated heterocycles. The van der Waals surface area contributed by atoms with Gasteiger partial charge in [0.1, 0.15) is 0 Å². The van der Waals surface area contributed by atoms with Gasteiger partial charge < -0.3 is 20.6 Å². The van der Waals surface area contributed by atoms with E-state index in [1.165, 1.54) is 0 Å². The zero-order valence-corrected chi connectivity index (χ0v) is 27.8. The molecule has 5 nitrogen and oxygen atoms in total. The van der Waals surface area contributed by atoms with E-state index in [0.29, 0.717) is 0 Å². The smallest absolute Gasteiger partial charge is 0.320 e. The minimum atomic E-state index is -2.38. The zero-order chi connectivity index (χ0) is 22.1. The molecule has 164 valence electrons. The fourth-order valence-corrected chi connectivity index (χ4v) is 44.8. The molecule has 0 bridgehead atoms. The Labute approximate surface area is 177 Å². The molecular weight excluding hydrogens is 457 g/mol. The summed E-state index contributed by atoms with van der Waals surface area (Å²) in [5.41, 5.74) is 0. The fourth-order valence-electron chi connectivity index (χ4n) is 3.31. The summed E-state index contributed by atoms with van der Waals surface area (Å²) in [4.78, 5) is 0. The molecule has 0 spiro atoms. The highest BCUT2D eigenvalue weighted by atomic mass is 29.3. The van der Waals surface area contributed by atoms with Crippen LogP contribution in [0.5, 0.6) is 0 Å². The van der Waals surface area contributed by atoms with Crippen molar-refractivity contribution in [2.24, 2.45) is 0 Å². The van der Waals surface area contributed by atoms with Crippen LogP contribution in [-0.2, 0) is 20.6 Å². The minimum absolute atomic E-state index is 1.65. The van der Waals surface area contributed by atoms with Crippen LogP contribution >= 0.6 is 0 Å². The lowest BCUT2D eigenvalue weighted by atomic mass is 11.8. The van der Waals surface area contributed by atoms with Crippen molar-refractivity contribution >= 4 is 58.7 Å². The Morgan fingerprint density at radius 1 is 0.444 bits per heavy atom. The Balaban J connectivity index is 5.42. The fraction of sp³-hybridized carbons (Fsp3) is 1.00. The summed E-state index contributed by atoms with van der Waals surface area (Å²) in [6.07, 6.45) is 0. The van der Waals surface area contributed by atoms with Crippen molar-refractivity contribution in [1.29, 1.82) is 0 Å². The van der Waals surface area contributed by atoms with Gasteiger partial charge in [-0.05, 0) is 98.2 Å². The van der Waals surface area contributed by atoms with Crippen LogP contribution in [0.1, 0.15) is 0 Å². The number of hydrogen-bond donors (Lipinski definition) is 0. The molecule has 0 fully saturated rings. The predicted molar refractivity (Wildman–Crippen MR) is 135 cm³/mol. The van der Waals surface area contributed by atoms with Gasteiger partial charge in [0.05, 0.1) is 0 Å². The molecule has 0 N–H and O–H groups in total. The third kappa shape index (κ3) is 13.3. The summed E-state index contributed by atoms with van der Waals surface area (Å²) < 4.78 is 33.1. The Hall–Kier alpha value is 1.32. The van der Waals surface area contributed by atoms with Crippen LogP contribution in [0.3, 0.4) is 0 Å². The van der Waals surface area contributed by atoms with Crippen LogP contribution in [0.2, 0.25) is 98.2 Å². The van der Waals surface area contributed by atoms with E-state index in [1.807, 2.05) is 0 Å². The molecule has 0 aliphatic heterocycles. The van der Waals surface area contributed by atoms with Crippen molar-refractivity contribution in [2.75, 3.05) is 0 Å². The Morgan fingerprint density at radius 3 is 1.07 bits per heavy atom. The highest BCUT2D eigenvalue weighted by molar-refractivity contribution is 7.28. The summed E-state index contributed by atoms with van der Waals surface area (Å²) >= 11 is 0. The SMILES string of the molecule is C[SiH](O[Si](C)(C)O[Si](C)(C)O[Si](C)(C)C)[Si](C)(O[Si](C)(C)C)O[Si](C)(C)C. The number of rotatable bonds is 11. The largest absolute Gasteiger partial charge is 0.438 e. The van der Waals surface area contributed by atoms with E-state index in [1.54, 1.807) is 0 Å². The van der Waals surface area contributed by atoms with E-state index in [4.69, 9.17) is 20.6 Å². The number of hydrogen-bond acceptors (Lipinski definition) is 5. The monoisotopic (exact) mass is 502 g/mol. The standard InChI is InChI=1S/C15H46O5Si7/c1-21(27(15,18-23(5,6)7)19-24(8,9)10)16-25(11,12)20-26(13,14)17-22(2,3)4/h21H,1-15H3. The molecule has 1 atom stereocenters. The Morgan fingerprint density at radius 2 is 0.778 bits per heavy atom. The van der Waals surface area contributed by atoms with Crippen LogP contribution < -0.4 is 0 Å². The highest BCUT2D eigenvalue weighted by Crippen LogP contribution is 2.27. The molecule has 0 radical (unpaired) electrons. The van der Waals surface area contributed by atoms with Crippen LogP contribution in [0, 0.1) is 0 Å². The van der Waals surface area contributed by atoms with Gasteiger partial charge >= 0.3 is 25.2 Å². The Kier molecular flexibility index (Phi) is 9.66. The van der Waals surface area contributed by atoms with Crippen molar-refractivity contribution in [3.05, 3.63) is 0 Å². The molecule has 0 aromatic heterocycles. The second kappa shape index (κ2) is 9.21. The second-order valence-corrected chi connectivity index (χ2v) is 42.7. The first kappa shape index (κ1) is 28.3. The first-order chi connectivity index (χ1) is 11.5. The maximum atomic E-state index is 6.73. The van der Waals surface area contributed by atoms with Gasteiger partial charge in [0.25, 0.3) is 0 Å². The van der Waals surface area contributed by atoms with Crippen molar-refractivity contribution in [3.8, 4) is 0 Å².